The standard InChI is InChI=1S/C21H25N3OS/c1-4-9-23-15(2)11-17(16(23)3)12-18(13-22)21(25)24(19-7-8-19)14-20-6-5-10-26-20/h5-6,10-12,19H,4,7-9,14H2,1-3H3/b18-12-. The average Bonchev–Trinajstić information content (AvgIpc) is 3.28. The average molecular weight is 368 g/mol. The summed E-state index contributed by atoms with van der Waals surface area (Å²) in [5.74, 6) is -0.149. The molecule has 0 unspecified atom stereocenters. The van der Waals surface area contributed by atoms with E-state index < -0.39 is 0 Å². The van der Waals surface area contributed by atoms with Gasteiger partial charge >= 0.3 is 0 Å². The number of carbonyl (C=O) groups excluding carboxylic acids is 1. The summed E-state index contributed by atoms with van der Waals surface area (Å²) in [5, 5.41) is 11.7. The van der Waals surface area contributed by atoms with Gasteiger partial charge in [-0.3, -0.25) is 4.79 Å². The van der Waals surface area contributed by atoms with Crippen molar-refractivity contribution in [3.05, 3.63) is 51.0 Å². The highest BCUT2D eigenvalue weighted by molar-refractivity contribution is 7.09. The highest BCUT2D eigenvalue weighted by atomic mass is 32.1. The normalized spacial score (nSPS) is 14.3. The van der Waals surface area contributed by atoms with Crippen LogP contribution in [0, 0.1) is 25.2 Å². The summed E-state index contributed by atoms with van der Waals surface area (Å²) in [6.45, 7) is 7.82. The van der Waals surface area contributed by atoms with E-state index in [4.69, 9.17) is 0 Å². The van der Waals surface area contributed by atoms with Crippen LogP contribution in [0.3, 0.4) is 0 Å². The van der Waals surface area contributed by atoms with Crippen molar-refractivity contribution in [2.75, 3.05) is 0 Å². The molecule has 1 fully saturated rings. The van der Waals surface area contributed by atoms with E-state index in [9.17, 15) is 10.1 Å². The van der Waals surface area contributed by atoms with Crippen LogP contribution in [0.5, 0.6) is 0 Å². The molecule has 2 heterocycles. The third-order valence-corrected chi connectivity index (χ3v) is 5.73. The van der Waals surface area contributed by atoms with Gasteiger partial charge in [-0.05, 0) is 62.3 Å². The van der Waals surface area contributed by atoms with Crippen LogP contribution in [0.1, 0.15) is 48.0 Å². The predicted octanol–water partition coefficient (Wildman–Crippen LogP) is 4.67. The third-order valence-electron chi connectivity index (χ3n) is 4.87. The molecule has 136 valence electrons. The van der Waals surface area contributed by atoms with Gasteiger partial charge in [0.2, 0.25) is 0 Å². The zero-order chi connectivity index (χ0) is 18.7. The van der Waals surface area contributed by atoms with E-state index in [1.54, 1.807) is 17.4 Å². The number of aryl methyl sites for hydroxylation is 1. The molecule has 0 aromatic carbocycles. The third kappa shape index (κ3) is 3.91. The summed E-state index contributed by atoms with van der Waals surface area (Å²) in [5.41, 5.74) is 3.47. The summed E-state index contributed by atoms with van der Waals surface area (Å²) < 4.78 is 2.25. The molecule has 4 nitrogen and oxygen atoms in total. The van der Waals surface area contributed by atoms with Crippen LogP contribution in [-0.2, 0) is 17.9 Å². The number of amides is 1. The van der Waals surface area contributed by atoms with E-state index >= 15 is 0 Å². The molecule has 0 radical (unpaired) electrons. The number of hydrogen-bond acceptors (Lipinski definition) is 3. The second-order valence-corrected chi connectivity index (χ2v) is 7.92. The number of carbonyl (C=O) groups is 1. The lowest BCUT2D eigenvalue weighted by atomic mass is 10.1. The smallest absolute Gasteiger partial charge is 0.265 e. The number of rotatable bonds is 7. The topological polar surface area (TPSA) is 49.0 Å². The zero-order valence-electron chi connectivity index (χ0n) is 15.7. The molecule has 1 aliphatic rings. The van der Waals surface area contributed by atoms with Crippen LogP contribution in [0.2, 0.25) is 0 Å². The molecule has 5 heteroatoms. The molecule has 0 bridgehead atoms. The van der Waals surface area contributed by atoms with Gasteiger partial charge in [0.1, 0.15) is 11.6 Å². The monoisotopic (exact) mass is 367 g/mol. The minimum absolute atomic E-state index is 0.149. The maximum Gasteiger partial charge on any atom is 0.265 e. The van der Waals surface area contributed by atoms with Crippen molar-refractivity contribution >= 4 is 23.3 Å². The first-order chi connectivity index (χ1) is 12.5. The molecule has 26 heavy (non-hydrogen) atoms. The van der Waals surface area contributed by atoms with Gasteiger partial charge in [-0.1, -0.05) is 13.0 Å². The van der Waals surface area contributed by atoms with Crippen molar-refractivity contribution < 1.29 is 4.79 Å². The number of hydrogen-bond donors (Lipinski definition) is 0. The maximum atomic E-state index is 13.0. The molecule has 0 spiro atoms. The lowest BCUT2D eigenvalue weighted by Crippen LogP contribution is -2.33. The van der Waals surface area contributed by atoms with Gasteiger partial charge in [-0.2, -0.15) is 5.26 Å². The van der Waals surface area contributed by atoms with Crippen molar-refractivity contribution in [1.82, 2.24) is 9.47 Å². The number of thiophene rings is 1. The largest absolute Gasteiger partial charge is 0.349 e. The van der Waals surface area contributed by atoms with E-state index in [-0.39, 0.29) is 17.5 Å². The molecule has 0 saturated heterocycles. The Morgan fingerprint density at radius 1 is 1.46 bits per heavy atom. The molecule has 0 aliphatic heterocycles. The van der Waals surface area contributed by atoms with Gasteiger partial charge < -0.3 is 9.47 Å². The predicted molar refractivity (Wildman–Crippen MR) is 106 cm³/mol. The van der Waals surface area contributed by atoms with Crippen LogP contribution in [0.4, 0.5) is 0 Å². The maximum absolute atomic E-state index is 13.0. The van der Waals surface area contributed by atoms with E-state index in [0.29, 0.717) is 6.54 Å². The Kier molecular flexibility index (Phi) is 5.63. The van der Waals surface area contributed by atoms with E-state index in [1.165, 1.54) is 0 Å². The fourth-order valence-electron chi connectivity index (χ4n) is 3.32. The van der Waals surface area contributed by atoms with Crippen LogP contribution in [0.15, 0.2) is 29.2 Å². The lowest BCUT2D eigenvalue weighted by Gasteiger charge is -2.21. The van der Waals surface area contributed by atoms with Gasteiger partial charge in [0.25, 0.3) is 5.91 Å². The van der Waals surface area contributed by atoms with Gasteiger partial charge in [-0.15, -0.1) is 11.3 Å². The van der Waals surface area contributed by atoms with Gasteiger partial charge in [0, 0.05) is 28.9 Å². The van der Waals surface area contributed by atoms with Crippen molar-refractivity contribution in [3.63, 3.8) is 0 Å². The Bertz CT molecular complexity index is 851. The molecule has 0 N–H and O–H groups in total. The van der Waals surface area contributed by atoms with Crippen LogP contribution < -0.4 is 0 Å². The Hall–Kier alpha value is -2.32. The summed E-state index contributed by atoms with van der Waals surface area (Å²) >= 11 is 1.65. The molecular weight excluding hydrogens is 342 g/mol. The summed E-state index contributed by atoms with van der Waals surface area (Å²) in [6.07, 6.45) is 4.88. The van der Waals surface area contributed by atoms with Gasteiger partial charge in [0.15, 0.2) is 0 Å². The first kappa shape index (κ1) is 18.5. The minimum Gasteiger partial charge on any atom is -0.349 e. The Morgan fingerprint density at radius 3 is 2.81 bits per heavy atom. The number of aromatic nitrogens is 1. The van der Waals surface area contributed by atoms with Crippen LogP contribution in [0.25, 0.3) is 6.08 Å². The first-order valence-electron chi connectivity index (χ1n) is 9.17. The molecule has 1 amide bonds. The highest BCUT2D eigenvalue weighted by Gasteiger charge is 2.34. The van der Waals surface area contributed by atoms with Crippen molar-refractivity contribution in [2.45, 2.75) is 59.2 Å². The Labute approximate surface area is 159 Å². The number of nitrogens with zero attached hydrogens (tertiary/aromatic N) is 3. The molecule has 3 rings (SSSR count). The number of nitriles is 1. The second-order valence-electron chi connectivity index (χ2n) is 6.89. The second kappa shape index (κ2) is 7.92. The van der Waals surface area contributed by atoms with Crippen molar-refractivity contribution in [2.24, 2.45) is 0 Å². The van der Waals surface area contributed by atoms with Gasteiger partial charge in [-0.25, -0.2) is 0 Å². The Balaban J connectivity index is 1.87. The van der Waals surface area contributed by atoms with Gasteiger partial charge in [0.05, 0.1) is 6.54 Å². The van der Waals surface area contributed by atoms with E-state index in [2.05, 4.69) is 37.5 Å². The van der Waals surface area contributed by atoms with Crippen molar-refractivity contribution in [1.29, 1.82) is 5.26 Å². The lowest BCUT2D eigenvalue weighted by molar-refractivity contribution is -0.127. The van der Waals surface area contributed by atoms with E-state index in [1.807, 2.05) is 22.4 Å². The summed E-state index contributed by atoms with van der Waals surface area (Å²) in [7, 11) is 0. The first-order valence-corrected chi connectivity index (χ1v) is 10.0. The fraction of sp³-hybridized carbons (Fsp3) is 0.429. The van der Waals surface area contributed by atoms with Crippen LogP contribution in [-0.4, -0.2) is 21.4 Å². The molecule has 1 saturated carbocycles. The molecule has 1 aliphatic carbocycles. The van der Waals surface area contributed by atoms with E-state index in [0.717, 1.165) is 47.6 Å². The van der Waals surface area contributed by atoms with Crippen molar-refractivity contribution in [3.8, 4) is 6.07 Å². The molecule has 0 atom stereocenters. The summed E-state index contributed by atoms with van der Waals surface area (Å²) in [6, 6.07) is 8.53. The highest BCUT2D eigenvalue weighted by Crippen LogP contribution is 2.31. The zero-order valence-corrected chi connectivity index (χ0v) is 16.5. The minimum atomic E-state index is -0.149. The molecular formula is C21H25N3OS. The summed E-state index contributed by atoms with van der Waals surface area (Å²) in [4.78, 5) is 16.1. The molecule has 2 aromatic heterocycles. The molecule has 2 aromatic rings. The van der Waals surface area contributed by atoms with Crippen LogP contribution >= 0.6 is 11.3 Å². The fourth-order valence-corrected chi connectivity index (χ4v) is 4.02. The Morgan fingerprint density at radius 2 is 2.23 bits per heavy atom. The quantitative estimate of drug-likeness (QED) is 0.527. The SMILES string of the molecule is CCCn1c(C)cc(/C=C(/C#N)C(=O)N(Cc2cccs2)C2CC2)c1C.